The molecule has 104 valence electrons. The number of aliphatic hydroxyl groups excluding tert-OH is 1. The summed E-state index contributed by atoms with van der Waals surface area (Å²) in [5.41, 5.74) is -0.321. The Kier molecular flexibility index (Phi) is 3.57. The van der Waals surface area contributed by atoms with Gasteiger partial charge in [0.25, 0.3) is 0 Å². The molecule has 1 fully saturated rings. The Labute approximate surface area is 109 Å². The summed E-state index contributed by atoms with van der Waals surface area (Å²) in [5, 5.41) is 18.0. The maximum absolute atomic E-state index is 13.7. The van der Waals surface area contributed by atoms with Crippen molar-refractivity contribution in [3.05, 3.63) is 29.6 Å². The fourth-order valence-electron chi connectivity index (χ4n) is 1.91. The van der Waals surface area contributed by atoms with Crippen molar-refractivity contribution in [2.75, 3.05) is 13.1 Å². The van der Waals surface area contributed by atoms with Gasteiger partial charge in [-0.3, -0.25) is 0 Å². The summed E-state index contributed by atoms with van der Waals surface area (Å²) in [6.07, 6.45) is -0.454. The van der Waals surface area contributed by atoms with Crippen molar-refractivity contribution in [2.45, 2.75) is 17.4 Å². The molecule has 1 heterocycles. The Morgan fingerprint density at radius 1 is 1.42 bits per heavy atom. The van der Waals surface area contributed by atoms with E-state index < -0.39 is 32.8 Å². The van der Waals surface area contributed by atoms with E-state index in [0.717, 1.165) is 16.4 Å². The molecule has 0 aliphatic carbocycles. The molecule has 2 N–H and O–H groups in total. The standard InChI is InChI=1S/C11H12FNO5S/c12-9-5-7(11(15)16)1-2-10(9)19(17,18)13-4-3-8(14)6-13/h1-2,5,8,14H,3-4,6H2,(H,15,16)/t8-/m1/s1. The molecular weight excluding hydrogens is 277 g/mol. The van der Waals surface area contributed by atoms with E-state index in [4.69, 9.17) is 5.11 Å². The van der Waals surface area contributed by atoms with Crippen molar-refractivity contribution in [2.24, 2.45) is 0 Å². The monoisotopic (exact) mass is 289 g/mol. The second kappa shape index (κ2) is 4.87. The second-order valence-electron chi connectivity index (χ2n) is 4.26. The van der Waals surface area contributed by atoms with Crippen molar-refractivity contribution in [1.82, 2.24) is 4.31 Å². The summed E-state index contributed by atoms with van der Waals surface area (Å²) in [6.45, 7) is 0.0338. The van der Waals surface area contributed by atoms with Gasteiger partial charge in [-0.15, -0.1) is 0 Å². The Morgan fingerprint density at radius 3 is 2.58 bits per heavy atom. The van der Waals surface area contributed by atoms with Gasteiger partial charge in [0, 0.05) is 13.1 Å². The number of carbonyl (C=O) groups is 1. The summed E-state index contributed by atoms with van der Waals surface area (Å²) in [6, 6.07) is 2.63. The predicted molar refractivity (Wildman–Crippen MR) is 62.7 cm³/mol. The smallest absolute Gasteiger partial charge is 0.335 e. The van der Waals surface area contributed by atoms with E-state index in [2.05, 4.69) is 0 Å². The van der Waals surface area contributed by atoms with Gasteiger partial charge in [0.15, 0.2) is 0 Å². The van der Waals surface area contributed by atoms with Gasteiger partial charge in [0.2, 0.25) is 10.0 Å². The summed E-state index contributed by atoms with van der Waals surface area (Å²) in [4.78, 5) is 10.1. The molecule has 0 spiro atoms. The van der Waals surface area contributed by atoms with Crippen LogP contribution in [0.2, 0.25) is 0 Å². The lowest BCUT2D eigenvalue weighted by Crippen LogP contribution is -2.30. The molecule has 0 unspecified atom stereocenters. The number of rotatable bonds is 3. The van der Waals surface area contributed by atoms with Crippen molar-refractivity contribution in [3.63, 3.8) is 0 Å². The minimum absolute atomic E-state index is 0.0809. The third-order valence-corrected chi connectivity index (χ3v) is 4.82. The summed E-state index contributed by atoms with van der Waals surface area (Å²) >= 11 is 0. The maximum atomic E-state index is 13.7. The first kappa shape index (κ1) is 13.9. The van der Waals surface area contributed by atoms with Gasteiger partial charge in [-0.25, -0.2) is 17.6 Å². The lowest BCUT2D eigenvalue weighted by atomic mass is 10.2. The zero-order valence-corrected chi connectivity index (χ0v) is 10.6. The molecule has 8 heteroatoms. The van der Waals surface area contributed by atoms with Gasteiger partial charge < -0.3 is 10.2 Å². The largest absolute Gasteiger partial charge is 0.478 e. The van der Waals surface area contributed by atoms with Crippen molar-refractivity contribution < 1.29 is 27.8 Å². The van der Waals surface area contributed by atoms with Crippen LogP contribution in [-0.4, -0.2) is 48.1 Å². The van der Waals surface area contributed by atoms with Crippen LogP contribution in [0.4, 0.5) is 4.39 Å². The van der Waals surface area contributed by atoms with E-state index in [9.17, 15) is 22.7 Å². The minimum atomic E-state index is -4.04. The molecule has 1 atom stereocenters. The van der Waals surface area contributed by atoms with E-state index in [1.54, 1.807) is 0 Å². The molecule has 1 aliphatic rings. The Morgan fingerprint density at radius 2 is 2.11 bits per heavy atom. The first-order valence-electron chi connectivity index (χ1n) is 5.53. The number of sulfonamides is 1. The molecule has 1 saturated heterocycles. The van der Waals surface area contributed by atoms with Gasteiger partial charge in [-0.2, -0.15) is 4.31 Å². The summed E-state index contributed by atoms with van der Waals surface area (Å²) < 4.78 is 38.9. The Balaban J connectivity index is 2.38. The van der Waals surface area contributed by atoms with Crippen LogP contribution < -0.4 is 0 Å². The highest BCUT2D eigenvalue weighted by molar-refractivity contribution is 7.89. The Bertz CT molecular complexity index is 616. The van der Waals surface area contributed by atoms with Crippen LogP contribution in [0.25, 0.3) is 0 Å². The van der Waals surface area contributed by atoms with E-state index in [0.29, 0.717) is 12.5 Å². The molecule has 6 nitrogen and oxygen atoms in total. The van der Waals surface area contributed by atoms with Crippen molar-refractivity contribution in [1.29, 1.82) is 0 Å². The highest BCUT2D eigenvalue weighted by Crippen LogP contribution is 2.24. The van der Waals surface area contributed by atoms with Gasteiger partial charge in [-0.1, -0.05) is 0 Å². The second-order valence-corrected chi connectivity index (χ2v) is 6.16. The number of nitrogens with zero attached hydrogens (tertiary/aromatic N) is 1. The summed E-state index contributed by atoms with van der Waals surface area (Å²) in [7, 11) is -4.04. The third-order valence-electron chi connectivity index (χ3n) is 2.92. The fraction of sp³-hybridized carbons (Fsp3) is 0.364. The third kappa shape index (κ3) is 2.60. The van der Waals surface area contributed by atoms with E-state index in [1.807, 2.05) is 0 Å². The highest BCUT2D eigenvalue weighted by Gasteiger charge is 2.33. The van der Waals surface area contributed by atoms with Crippen LogP contribution in [0, 0.1) is 5.82 Å². The number of halogens is 1. The number of benzene rings is 1. The minimum Gasteiger partial charge on any atom is -0.478 e. The van der Waals surface area contributed by atoms with Crippen molar-refractivity contribution >= 4 is 16.0 Å². The van der Waals surface area contributed by atoms with E-state index >= 15 is 0 Å². The topological polar surface area (TPSA) is 94.9 Å². The Hall–Kier alpha value is -1.51. The highest BCUT2D eigenvalue weighted by atomic mass is 32.2. The van der Waals surface area contributed by atoms with Crippen LogP contribution in [-0.2, 0) is 10.0 Å². The van der Waals surface area contributed by atoms with Crippen LogP contribution in [0.1, 0.15) is 16.8 Å². The normalized spacial score (nSPS) is 20.6. The number of aliphatic hydroxyl groups is 1. The van der Waals surface area contributed by atoms with Gasteiger partial charge in [-0.05, 0) is 24.6 Å². The lowest BCUT2D eigenvalue weighted by Gasteiger charge is -2.16. The number of aromatic carboxylic acids is 1. The number of carboxylic acid groups (broad SMARTS) is 1. The molecule has 1 aromatic carbocycles. The first-order valence-corrected chi connectivity index (χ1v) is 6.97. The van der Waals surface area contributed by atoms with Gasteiger partial charge in [0.1, 0.15) is 10.7 Å². The molecule has 1 aliphatic heterocycles. The molecule has 1 aromatic rings. The van der Waals surface area contributed by atoms with E-state index in [-0.39, 0.29) is 18.7 Å². The van der Waals surface area contributed by atoms with Crippen LogP contribution in [0.5, 0.6) is 0 Å². The van der Waals surface area contributed by atoms with E-state index in [1.165, 1.54) is 0 Å². The lowest BCUT2D eigenvalue weighted by molar-refractivity contribution is 0.0696. The zero-order chi connectivity index (χ0) is 14.2. The molecule has 19 heavy (non-hydrogen) atoms. The summed E-state index contributed by atoms with van der Waals surface area (Å²) in [5.74, 6) is -2.44. The van der Waals surface area contributed by atoms with Gasteiger partial charge >= 0.3 is 5.97 Å². The number of hydrogen-bond donors (Lipinski definition) is 2. The molecule has 0 amide bonds. The first-order chi connectivity index (χ1) is 8.82. The van der Waals surface area contributed by atoms with Crippen LogP contribution in [0.3, 0.4) is 0 Å². The molecule has 0 radical (unpaired) electrons. The molecule has 0 saturated carbocycles. The van der Waals surface area contributed by atoms with Crippen LogP contribution >= 0.6 is 0 Å². The fourth-order valence-corrected chi connectivity index (χ4v) is 3.45. The number of hydrogen-bond acceptors (Lipinski definition) is 4. The zero-order valence-electron chi connectivity index (χ0n) is 9.78. The average Bonchev–Trinajstić information content (AvgIpc) is 2.76. The number of β-amino-alcohol motifs (C(OH)–C–C–N with tert-alkyl or cyclic N) is 1. The number of carboxylic acids is 1. The molecule has 2 rings (SSSR count). The average molecular weight is 289 g/mol. The quantitative estimate of drug-likeness (QED) is 0.833. The predicted octanol–water partition coefficient (Wildman–Crippen LogP) is 0.279. The maximum Gasteiger partial charge on any atom is 0.335 e. The van der Waals surface area contributed by atoms with Crippen molar-refractivity contribution in [3.8, 4) is 0 Å². The molecule has 0 aromatic heterocycles. The van der Waals surface area contributed by atoms with Gasteiger partial charge in [0.05, 0.1) is 11.7 Å². The van der Waals surface area contributed by atoms with Crippen LogP contribution in [0.15, 0.2) is 23.1 Å². The molecular formula is C11H12FNO5S. The molecule has 0 bridgehead atoms. The SMILES string of the molecule is O=C(O)c1ccc(S(=O)(=O)N2CC[C@@H](O)C2)c(F)c1.